The molecule has 2 atom stereocenters. The lowest BCUT2D eigenvalue weighted by atomic mass is 9.94. The molecule has 0 aromatic heterocycles. The first kappa shape index (κ1) is 15.1. The first-order valence-electron chi connectivity index (χ1n) is 8.82. The van der Waals surface area contributed by atoms with Crippen molar-refractivity contribution in [1.29, 1.82) is 0 Å². The summed E-state index contributed by atoms with van der Waals surface area (Å²) < 4.78 is 0. The molecule has 2 fully saturated rings. The number of piperidine rings is 1. The number of allylic oxidation sites excluding steroid dienone is 1. The van der Waals surface area contributed by atoms with E-state index in [1.165, 1.54) is 83.6 Å². The van der Waals surface area contributed by atoms with E-state index in [0.29, 0.717) is 0 Å². The number of rotatable bonds is 8. The van der Waals surface area contributed by atoms with Crippen LogP contribution >= 0.6 is 0 Å². The van der Waals surface area contributed by atoms with Crippen LogP contribution in [0.2, 0.25) is 0 Å². The van der Waals surface area contributed by atoms with Crippen molar-refractivity contribution in [3.05, 3.63) is 12.2 Å². The predicted octanol–water partition coefficient (Wildman–Crippen LogP) is 5.31. The Morgan fingerprint density at radius 1 is 0.947 bits per heavy atom. The first-order chi connectivity index (χ1) is 9.42. The highest BCUT2D eigenvalue weighted by Crippen LogP contribution is 2.32. The third kappa shape index (κ3) is 4.95. The highest BCUT2D eigenvalue weighted by Gasteiger charge is 2.32. The van der Waals surface area contributed by atoms with Crippen LogP contribution in [-0.4, -0.2) is 23.5 Å². The van der Waals surface area contributed by atoms with Gasteiger partial charge in [-0.05, 0) is 51.5 Å². The monoisotopic (exact) mass is 263 g/mol. The molecule has 1 heteroatoms. The van der Waals surface area contributed by atoms with Crippen LogP contribution in [0.3, 0.4) is 0 Å². The van der Waals surface area contributed by atoms with Crippen molar-refractivity contribution in [1.82, 2.24) is 4.90 Å². The number of nitrogens with zero attached hydrogens (tertiary/aromatic N) is 1. The maximum Gasteiger partial charge on any atom is 0.0133 e. The summed E-state index contributed by atoms with van der Waals surface area (Å²) in [5.74, 6) is 0. The van der Waals surface area contributed by atoms with Gasteiger partial charge in [0, 0.05) is 12.1 Å². The Morgan fingerprint density at radius 2 is 1.79 bits per heavy atom. The molecule has 0 saturated carbocycles. The molecule has 0 N–H and O–H groups in total. The van der Waals surface area contributed by atoms with Crippen LogP contribution in [0.1, 0.15) is 84.0 Å². The van der Waals surface area contributed by atoms with E-state index < -0.39 is 0 Å². The van der Waals surface area contributed by atoms with E-state index in [2.05, 4.69) is 24.0 Å². The molecule has 1 nitrogen and oxygen atoms in total. The maximum absolute atomic E-state index is 2.81. The maximum atomic E-state index is 2.81. The molecule has 19 heavy (non-hydrogen) atoms. The number of hydrogen-bond donors (Lipinski definition) is 0. The summed E-state index contributed by atoms with van der Waals surface area (Å²) in [5, 5.41) is 0. The van der Waals surface area contributed by atoms with Gasteiger partial charge in [-0.15, -0.1) is 0 Å². The van der Waals surface area contributed by atoms with Gasteiger partial charge in [0.15, 0.2) is 0 Å². The van der Waals surface area contributed by atoms with E-state index in [-0.39, 0.29) is 0 Å². The molecule has 0 aromatic carbocycles. The standard InChI is InChI=1S/C18H33N/c1-2-3-4-5-6-7-8-9-12-17-13-10-14-18-15-11-16-19(17)18/h8-9,17-18H,2-7,10-16H2,1H3/b9-8-/t17-,18-/m0/s1. The third-order valence-electron chi connectivity index (χ3n) is 5.02. The van der Waals surface area contributed by atoms with Crippen molar-refractivity contribution < 1.29 is 0 Å². The molecule has 0 aliphatic carbocycles. The van der Waals surface area contributed by atoms with Crippen LogP contribution in [0.25, 0.3) is 0 Å². The minimum Gasteiger partial charge on any atom is -0.297 e. The summed E-state index contributed by atoms with van der Waals surface area (Å²) in [6.45, 7) is 3.66. The summed E-state index contributed by atoms with van der Waals surface area (Å²) >= 11 is 0. The quantitative estimate of drug-likeness (QED) is 0.424. The topological polar surface area (TPSA) is 3.24 Å². The number of unbranched alkanes of at least 4 members (excludes halogenated alkanes) is 5. The summed E-state index contributed by atoms with van der Waals surface area (Å²) in [6.07, 6.45) is 21.9. The van der Waals surface area contributed by atoms with Gasteiger partial charge in [-0.25, -0.2) is 0 Å². The van der Waals surface area contributed by atoms with Gasteiger partial charge in [0.05, 0.1) is 0 Å². The zero-order valence-corrected chi connectivity index (χ0v) is 12.9. The van der Waals surface area contributed by atoms with Crippen molar-refractivity contribution in [2.24, 2.45) is 0 Å². The highest BCUT2D eigenvalue weighted by molar-refractivity contribution is 4.94. The second kappa shape index (κ2) is 8.79. The Hall–Kier alpha value is -0.300. The van der Waals surface area contributed by atoms with Crippen molar-refractivity contribution in [3.63, 3.8) is 0 Å². The zero-order chi connectivity index (χ0) is 13.3. The highest BCUT2D eigenvalue weighted by atomic mass is 15.2. The van der Waals surface area contributed by atoms with E-state index >= 15 is 0 Å². The second-order valence-corrected chi connectivity index (χ2v) is 6.53. The molecule has 0 aromatic rings. The van der Waals surface area contributed by atoms with Gasteiger partial charge in [-0.2, -0.15) is 0 Å². The molecular weight excluding hydrogens is 230 g/mol. The van der Waals surface area contributed by atoms with E-state index in [1.807, 2.05) is 0 Å². The number of fused-ring (bicyclic) bond motifs is 1. The number of hydrogen-bond acceptors (Lipinski definition) is 1. The first-order valence-corrected chi connectivity index (χ1v) is 8.82. The molecule has 2 rings (SSSR count). The van der Waals surface area contributed by atoms with E-state index in [4.69, 9.17) is 0 Å². The molecular formula is C18H33N. The molecule has 110 valence electrons. The Kier molecular flexibility index (Phi) is 6.98. The molecule has 2 heterocycles. The Morgan fingerprint density at radius 3 is 2.68 bits per heavy atom. The largest absolute Gasteiger partial charge is 0.297 e. The van der Waals surface area contributed by atoms with Gasteiger partial charge in [0.25, 0.3) is 0 Å². The third-order valence-corrected chi connectivity index (χ3v) is 5.02. The van der Waals surface area contributed by atoms with Crippen molar-refractivity contribution >= 4 is 0 Å². The average Bonchev–Trinajstić information content (AvgIpc) is 2.91. The molecule has 0 amide bonds. The lowest BCUT2D eigenvalue weighted by Crippen LogP contribution is -2.42. The van der Waals surface area contributed by atoms with Gasteiger partial charge in [0.2, 0.25) is 0 Å². The minimum atomic E-state index is 0.873. The lowest BCUT2D eigenvalue weighted by Gasteiger charge is -2.37. The summed E-state index contributed by atoms with van der Waals surface area (Å²) in [5.41, 5.74) is 0. The predicted molar refractivity (Wildman–Crippen MR) is 84.5 cm³/mol. The smallest absolute Gasteiger partial charge is 0.0133 e. The summed E-state index contributed by atoms with van der Waals surface area (Å²) in [4.78, 5) is 2.81. The lowest BCUT2D eigenvalue weighted by molar-refractivity contribution is 0.124. The zero-order valence-electron chi connectivity index (χ0n) is 12.9. The second-order valence-electron chi connectivity index (χ2n) is 6.53. The van der Waals surface area contributed by atoms with Crippen LogP contribution in [0.4, 0.5) is 0 Å². The molecule has 2 aliphatic rings. The van der Waals surface area contributed by atoms with Crippen LogP contribution in [0.15, 0.2) is 12.2 Å². The van der Waals surface area contributed by atoms with Crippen molar-refractivity contribution in [2.75, 3.05) is 6.54 Å². The van der Waals surface area contributed by atoms with Gasteiger partial charge < -0.3 is 0 Å². The Bertz CT molecular complexity index is 258. The molecule has 0 bridgehead atoms. The van der Waals surface area contributed by atoms with Gasteiger partial charge in [0.1, 0.15) is 0 Å². The van der Waals surface area contributed by atoms with E-state index in [0.717, 1.165) is 12.1 Å². The fraction of sp³-hybridized carbons (Fsp3) is 0.889. The van der Waals surface area contributed by atoms with E-state index in [1.54, 1.807) is 0 Å². The van der Waals surface area contributed by atoms with Crippen LogP contribution < -0.4 is 0 Å². The van der Waals surface area contributed by atoms with Crippen molar-refractivity contribution in [3.8, 4) is 0 Å². The van der Waals surface area contributed by atoms with Crippen LogP contribution in [-0.2, 0) is 0 Å². The van der Waals surface area contributed by atoms with E-state index in [9.17, 15) is 0 Å². The molecule has 0 spiro atoms. The average molecular weight is 263 g/mol. The molecule has 2 saturated heterocycles. The fourth-order valence-electron chi connectivity index (χ4n) is 3.89. The van der Waals surface area contributed by atoms with Gasteiger partial charge in [-0.1, -0.05) is 51.2 Å². The summed E-state index contributed by atoms with van der Waals surface area (Å²) in [6, 6.07) is 1.82. The Labute approximate surface area is 120 Å². The van der Waals surface area contributed by atoms with Gasteiger partial charge in [-0.3, -0.25) is 4.90 Å². The SMILES string of the molecule is CCCCCCC/C=C\C[C@H]1CCC[C@H]2CCCN21. The fourth-order valence-corrected chi connectivity index (χ4v) is 3.89. The van der Waals surface area contributed by atoms with Gasteiger partial charge >= 0.3 is 0 Å². The summed E-state index contributed by atoms with van der Waals surface area (Å²) in [7, 11) is 0. The normalized spacial score (nSPS) is 28.1. The molecule has 0 radical (unpaired) electrons. The minimum absolute atomic E-state index is 0.873. The Balaban J connectivity index is 1.56. The van der Waals surface area contributed by atoms with Crippen LogP contribution in [0.5, 0.6) is 0 Å². The molecule has 0 unspecified atom stereocenters. The molecule has 2 aliphatic heterocycles. The van der Waals surface area contributed by atoms with Crippen LogP contribution in [0, 0.1) is 0 Å². The van der Waals surface area contributed by atoms with Crippen molar-refractivity contribution in [2.45, 2.75) is 96.1 Å².